The number of guanidine groups is 1. The summed E-state index contributed by atoms with van der Waals surface area (Å²) in [4.78, 5) is 4.06. The number of hydrogen-bond donors (Lipinski definition) is 2. The van der Waals surface area contributed by atoms with E-state index in [1.165, 1.54) is 12.1 Å². The lowest BCUT2D eigenvalue weighted by Gasteiger charge is -2.12. The van der Waals surface area contributed by atoms with Gasteiger partial charge in [-0.1, -0.05) is 12.1 Å². The van der Waals surface area contributed by atoms with Crippen molar-refractivity contribution >= 4 is 29.9 Å². The van der Waals surface area contributed by atoms with Gasteiger partial charge in [0, 0.05) is 26.7 Å². The fourth-order valence-corrected chi connectivity index (χ4v) is 1.66. The molecule has 0 aliphatic heterocycles. The molecule has 0 amide bonds. The van der Waals surface area contributed by atoms with E-state index < -0.39 is 12.8 Å². The maximum absolute atomic E-state index is 12.1. The lowest BCUT2D eigenvalue weighted by Crippen LogP contribution is -2.38. The summed E-state index contributed by atoms with van der Waals surface area (Å²) >= 11 is 0. The van der Waals surface area contributed by atoms with Gasteiger partial charge in [-0.15, -0.1) is 24.0 Å². The third-order valence-electron chi connectivity index (χ3n) is 2.75. The van der Waals surface area contributed by atoms with E-state index in [9.17, 15) is 13.2 Å². The summed E-state index contributed by atoms with van der Waals surface area (Å²) in [5.74, 6) is 0.812. The van der Waals surface area contributed by atoms with Crippen LogP contribution in [-0.2, 0) is 11.3 Å². The number of ether oxygens (including phenoxy) is 2. The number of nitrogens with one attached hydrogen (secondary N) is 2. The first-order valence-corrected chi connectivity index (χ1v) is 7.25. The molecule has 0 saturated carbocycles. The summed E-state index contributed by atoms with van der Waals surface area (Å²) in [6, 6.07) is 6.42. The van der Waals surface area contributed by atoms with Crippen molar-refractivity contribution in [2.45, 2.75) is 19.6 Å². The minimum absolute atomic E-state index is 0. The normalized spacial score (nSPS) is 11.6. The zero-order chi connectivity index (χ0) is 17.1. The number of benzene rings is 1. The maximum Gasteiger partial charge on any atom is 0.422 e. The van der Waals surface area contributed by atoms with E-state index in [2.05, 4.69) is 20.4 Å². The average molecular weight is 461 g/mol. The second kappa shape index (κ2) is 12.2. The molecule has 1 aromatic carbocycles. The molecule has 0 atom stereocenters. The van der Waals surface area contributed by atoms with E-state index in [0.717, 1.165) is 5.56 Å². The number of alkyl halides is 3. The van der Waals surface area contributed by atoms with Gasteiger partial charge in [0.05, 0.1) is 6.61 Å². The van der Waals surface area contributed by atoms with Gasteiger partial charge >= 0.3 is 6.18 Å². The summed E-state index contributed by atoms with van der Waals surface area (Å²) in [6.45, 7) is 3.01. The molecular weight excluding hydrogens is 438 g/mol. The molecule has 0 fully saturated rings. The molecule has 24 heavy (non-hydrogen) atoms. The molecule has 0 bridgehead atoms. The number of aliphatic imine (C=N–C) groups is 1. The van der Waals surface area contributed by atoms with Gasteiger partial charge in [-0.3, -0.25) is 4.99 Å². The van der Waals surface area contributed by atoms with Gasteiger partial charge in [0.2, 0.25) is 0 Å². The molecule has 1 aromatic rings. The van der Waals surface area contributed by atoms with Gasteiger partial charge in [-0.2, -0.15) is 13.2 Å². The van der Waals surface area contributed by atoms with Crippen molar-refractivity contribution in [3.8, 4) is 5.75 Å². The summed E-state index contributed by atoms with van der Waals surface area (Å²) in [6.07, 6.45) is -4.33. The Morgan fingerprint density at radius 1 is 1.17 bits per heavy atom. The minimum Gasteiger partial charge on any atom is -0.484 e. The van der Waals surface area contributed by atoms with Gasteiger partial charge in [-0.05, 0) is 24.6 Å². The summed E-state index contributed by atoms with van der Waals surface area (Å²) in [5.41, 5.74) is 0.900. The van der Waals surface area contributed by atoms with Crippen LogP contribution >= 0.6 is 24.0 Å². The molecule has 1 rings (SSSR count). The molecule has 0 spiro atoms. The molecular formula is C15H23F3IN3O2. The van der Waals surface area contributed by atoms with Crippen LogP contribution in [0.15, 0.2) is 29.3 Å². The Bertz CT molecular complexity index is 482. The van der Waals surface area contributed by atoms with E-state index in [-0.39, 0.29) is 29.7 Å². The molecule has 0 aliphatic rings. The molecule has 0 aromatic heterocycles. The van der Waals surface area contributed by atoms with Crippen LogP contribution in [0.5, 0.6) is 5.75 Å². The largest absolute Gasteiger partial charge is 0.484 e. The molecule has 0 radical (unpaired) electrons. The number of hydrogen-bond acceptors (Lipinski definition) is 3. The third kappa shape index (κ3) is 10.5. The minimum atomic E-state index is -4.33. The second-order valence-corrected chi connectivity index (χ2v) is 4.60. The quantitative estimate of drug-likeness (QED) is 0.271. The van der Waals surface area contributed by atoms with Crippen LogP contribution in [0.3, 0.4) is 0 Å². The average Bonchev–Trinajstić information content (AvgIpc) is 2.52. The highest BCUT2D eigenvalue weighted by Gasteiger charge is 2.28. The maximum atomic E-state index is 12.1. The van der Waals surface area contributed by atoms with Crippen LogP contribution in [0, 0.1) is 0 Å². The zero-order valence-electron chi connectivity index (χ0n) is 13.7. The van der Waals surface area contributed by atoms with Crippen molar-refractivity contribution in [1.29, 1.82) is 0 Å². The van der Waals surface area contributed by atoms with Crippen molar-refractivity contribution in [2.24, 2.45) is 4.99 Å². The Morgan fingerprint density at radius 2 is 1.83 bits per heavy atom. The highest BCUT2D eigenvalue weighted by Crippen LogP contribution is 2.18. The Balaban J connectivity index is 0.00000529. The van der Waals surface area contributed by atoms with Gasteiger partial charge in [0.1, 0.15) is 5.75 Å². The monoisotopic (exact) mass is 461 g/mol. The molecule has 5 nitrogen and oxygen atoms in total. The summed E-state index contributed by atoms with van der Waals surface area (Å²) in [7, 11) is 1.66. The fourth-order valence-electron chi connectivity index (χ4n) is 1.66. The predicted octanol–water partition coefficient (Wildman–Crippen LogP) is 2.95. The SMILES string of the molecule is CCOCCNC(=NC)NCc1ccc(OCC(F)(F)F)cc1.I. The Hall–Kier alpha value is -1.23. The van der Waals surface area contributed by atoms with Crippen molar-refractivity contribution < 1.29 is 22.6 Å². The standard InChI is InChI=1S/C15H22F3N3O2.HI/c1-3-22-9-8-20-14(19-2)21-10-12-4-6-13(7-5-12)23-11-15(16,17)18;/h4-7H,3,8-11H2,1-2H3,(H2,19,20,21);1H. The van der Waals surface area contributed by atoms with Crippen molar-refractivity contribution in [3.05, 3.63) is 29.8 Å². The first-order valence-electron chi connectivity index (χ1n) is 7.25. The van der Waals surface area contributed by atoms with Crippen molar-refractivity contribution in [2.75, 3.05) is 33.4 Å². The lowest BCUT2D eigenvalue weighted by molar-refractivity contribution is -0.153. The van der Waals surface area contributed by atoms with Gasteiger partial charge in [-0.25, -0.2) is 0 Å². The summed E-state index contributed by atoms with van der Waals surface area (Å²) < 4.78 is 46.0. The van der Waals surface area contributed by atoms with Crippen molar-refractivity contribution in [1.82, 2.24) is 10.6 Å². The molecule has 0 unspecified atom stereocenters. The Labute approximate surface area is 157 Å². The fraction of sp³-hybridized carbons (Fsp3) is 0.533. The molecule has 0 heterocycles. The lowest BCUT2D eigenvalue weighted by atomic mass is 10.2. The van der Waals surface area contributed by atoms with Crippen LogP contribution in [-0.4, -0.2) is 45.5 Å². The van der Waals surface area contributed by atoms with Gasteiger partial charge in [0.25, 0.3) is 0 Å². The second-order valence-electron chi connectivity index (χ2n) is 4.60. The zero-order valence-corrected chi connectivity index (χ0v) is 16.0. The number of nitrogens with zero attached hydrogens (tertiary/aromatic N) is 1. The number of halogens is 4. The van der Waals surface area contributed by atoms with E-state index in [0.29, 0.717) is 32.3 Å². The van der Waals surface area contributed by atoms with Gasteiger partial charge in [0.15, 0.2) is 12.6 Å². The van der Waals surface area contributed by atoms with Crippen LogP contribution in [0.1, 0.15) is 12.5 Å². The van der Waals surface area contributed by atoms with Crippen LogP contribution < -0.4 is 15.4 Å². The highest BCUT2D eigenvalue weighted by atomic mass is 127. The van der Waals surface area contributed by atoms with Crippen LogP contribution in [0.4, 0.5) is 13.2 Å². The predicted molar refractivity (Wildman–Crippen MR) is 98.1 cm³/mol. The van der Waals surface area contributed by atoms with E-state index in [4.69, 9.17) is 4.74 Å². The van der Waals surface area contributed by atoms with E-state index in [1.807, 2.05) is 6.92 Å². The van der Waals surface area contributed by atoms with Crippen LogP contribution in [0.25, 0.3) is 0 Å². The van der Waals surface area contributed by atoms with E-state index in [1.54, 1.807) is 19.2 Å². The molecule has 2 N–H and O–H groups in total. The Morgan fingerprint density at radius 3 is 2.38 bits per heavy atom. The first-order chi connectivity index (χ1) is 10.9. The summed E-state index contributed by atoms with van der Waals surface area (Å²) in [5, 5.41) is 6.19. The van der Waals surface area contributed by atoms with Gasteiger partial charge < -0.3 is 20.1 Å². The van der Waals surface area contributed by atoms with Crippen LogP contribution in [0.2, 0.25) is 0 Å². The molecule has 138 valence electrons. The third-order valence-corrected chi connectivity index (χ3v) is 2.75. The van der Waals surface area contributed by atoms with Crippen molar-refractivity contribution in [3.63, 3.8) is 0 Å². The van der Waals surface area contributed by atoms with E-state index >= 15 is 0 Å². The Kier molecular flexibility index (Phi) is 11.6. The smallest absolute Gasteiger partial charge is 0.422 e. The first kappa shape index (κ1) is 22.8. The molecule has 9 heteroatoms. The highest BCUT2D eigenvalue weighted by molar-refractivity contribution is 14.0. The topological polar surface area (TPSA) is 54.9 Å². The number of rotatable bonds is 8. The molecule has 0 aliphatic carbocycles. The molecule has 0 saturated heterocycles.